The maximum Gasteiger partial charge on any atom is 0.241 e. The third kappa shape index (κ3) is 3.34. The van der Waals surface area contributed by atoms with E-state index in [1.54, 1.807) is 30.7 Å². The number of carbonyl (C=O) groups is 1. The number of aromatic nitrogens is 2. The standard InChI is InChI=1S/C19H16F3N3O2/c20-15-10-13(27-8-4-17(21)22)1-2-14(15)16-11-19(26)25(16)12-3-6-24-7-5-23-18(24)9-12/h1-3,5-7,9-10,16-17H,4,8,11H2/t16-/m1/s1. The van der Waals surface area contributed by atoms with Crippen LogP contribution in [0.1, 0.15) is 24.4 Å². The summed E-state index contributed by atoms with van der Waals surface area (Å²) in [4.78, 5) is 17.9. The van der Waals surface area contributed by atoms with E-state index in [1.807, 2.05) is 4.40 Å². The highest BCUT2D eigenvalue weighted by Gasteiger charge is 2.39. The van der Waals surface area contributed by atoms with E-state index in [0.29, 0.717) is 16.9 Å². The molecule has 0 aliphatic carbocycles. The lowest BCUT2D eigenvalue weighted by atomic mass is 9.92. The molecule has 5 nitrogen and oxygen atoms in total. The zero-order chi connectivity index (χ0) is 19.0. The number of alkyl halides is 2. The van der Waals surface area contributed by atoms with Gasteiger partial charge < -0.3 is 14.0 Å². The van der Waals surface area contributed by atoms with Gasteiger partial charge in [-0.3, -0.25) is 4.79 Å². The zero-order valence-electron chi connectivity index (χ0n) is 14.2. The summed E-state index contributed by atoms with van der Waals surface area (Å²) in [5, 5.41) is 0. The summed E-state index contributed by atoms with van der Waals surface area (Å²) in [7, 11) is 0. The van der Waals surface area contributed by atoms with Crippen molar-refractivity contribution in [2.75, 3.05) is 11.5 Å². The van der Waals surface area contributed by atoms with Gasteiger partial charge in [0.1, 0.15) is 17.2 Å². The van der Waals surface area contributed by atoms with Crippen molar-refractivity contribution in [2.45, 2.75) is 25.3 Å². The fourth-order valence-electron chi connectivity index (χ4n) is 3.17. The number of nitrogens with zero attached hydrogens (tertiary/aromatic N) is 3. The summed E-state index contributed by atoms with van der Waals surface area (Å²) < 4.78 is 45.8. The van der Waals surface area contributed by atoms with Crippen molar-refractivity contribution in [1.29, 1.82) is 0 Å². The van der Waals surface area contributed by atoms with Crippen molar-refractivity contribution in [3.8, 4) is 5.75 Å². The molecule has 1 fully saturated rings. The minimum atomic E-state index is -2.46. The number of β-lactam (4-membered cyclic amide) rings is 1. The van der Waals surface area contributed by atoms with Crippen molar-refractivity contribution in [1.82, 2.24) is 9.38 Å². The first-order valence-electron chi connectivity index (χ1n) is 8.48. The van der Waals surface area contributed by atoms with Crippen molar-refractivity contribution in [3.05, 3.63) is 60.3 Å². The molecule has 1 aromatic carbocycles. The van der Waals surface area contributed by atoms with Gasteiger partial charge in [-0.15, -0.1) is 0 Å². The Hall–Kier alpha value is -3.03. The van der Waals surface area contributed by atoms with E-state index >= 15 is 0 Å². The molecule has 0 bridgehead atoms. The van der Waals surface area contributed by atoms with Gasteiger partial charge in [0.25, 0.3) is 0 Å². The molecular formula is C19H16F3N3O2. The molecule has 1 aliphatic heterocycles. The van der Waals surface area contributed by atoms with Crippen LogP contribution in [0.5, 0.6) is 5.75 Å². The smallest absolute Gasteiger partial charge is 0.241 e. The lowest BCUT2D eigenvalue weighted by Crippen LogP contribution is -2.47. The molecule has 1 aliphatic rings. The Bertz CT molecular complexity index is 989. The number of ether oxygens (including phenoxy) is 1. The van der Waals surface area contributed by atoms with E-state index in [1.165, 1.54) is 23.1 Å². The molecule has 8 heteroatoms. The monoisotopic (exact) mass is 375 g/mol. The summed E-state index contributed by atoms with van der Waals surface area (Å²) in [6.07, 6.45) is 2.56. The van der Waals surface area contributed by atoms with Gasteiger partial charge in [-0.05, 0) is 12.1 Å². The topological polar surface area (TPSA) is 46.8 Å². The highest BCUT2D eigenvalue weighted by molar-refractivity contribution is 6.01. The van der Waals surface area contributed by atoms with E-state index in [2.05, 4.69) is 4.98 Å². The summed E-state index contributed by atoms with van der Waals surface area (Å²) >= 11 is 0. The van der Waals surface area contributed by atoms with Crippen LogP contribution >= 0.6 is 0 Å². The third-order valence-electron chi connectivity index (χ3n) is 4.54. The van der Waals surface area contributed by atoms with Gasteiger partial charge in [-0.25, -0.2) is 18.2 Å². The molecule has 0 radical (unpaired) electrons. The highest BCUT2D eigenvalue weighted by Crippen LogP contribution is 2.40. The SMILES string of the molecule is O=C1C[C@H](c2ccc(OCCC(F)F)cc2F)N1c1ccn2ccnc2c1. The molecule has 0 N–H and O–H groups in total. The average Bonchev–Trinajstić information content (AvgIpc) is 3.08. The van der Waals surface area contributed by atoms with Crippen LogP contribution in [0.15, 0.2) is 48.9 Å². The van der Waals surface area contributed by atoms with Gasteiger partial charge >= 0.3 is 0 Å². The van der Waals surface area contributed by atoms with Crippen LogP contribution in [0.25, 0.3) is 5.65 Å². The number of hydrogen-bond acceptors (Lipinski definition) is 3. The fourth-order valence-corrected chi connectivity index (χ4v) is 3.17. The van der Waals surface area contributed by atoms with Crippen LogP contribution < -0.4 is 9.64 Å². The maximum atomic E-state index is 14.5. The van der Waals surface area contributed by atoms with E-state index in [4.69, 9.17) is 4.74 Å². The van der Waals surface area contributed by atoms with E-state index in [9.17, 15) is 18.0 Å². The summed E-state index contributed by atoms with van der Waals surface area (Å²) in [5.41, 5.74) is 1.69. The van der Waals surface area contributed by atoms with E-state index in [-0.39, 0.29) is 24.7 Å². The number of imidazole rings is 1. The lowest BCUT2D eigenvalue weighted by Gasteiger charge is -2.40. The second-order valence-electron chi connectivity index (χ2n) is 6.27. The number of amides is 1. The Morgan fingerprint density at radius 1 is 1.22 bits per heavy atom. The molecule has 1 saturated heterocycles. The molecule has 0 unspecified atom stereocenters. The Balaban J connectivity index is 1.54. The third-order valence-corrected chi connectivity index (χ3v) is 4.54. The van der Waals surface area contributed by atoms with E-state index in [0.717, 1.165) is 0 Å². The zero-order valence-corrected chi connectivity index (χ0v) is 14.2. The summed E-state index contributed by atoms with van der Waals surface area (Å²) in [6.45, 7) is -0.186. The molecule has 3 heterocycles. The molecular weight excluding hydrogens is 359 g/mol. The minimum absolute atomic E-state index is 0.104. The highest BCUT2D eigenvalue weighted by atomic mass is 19.3. The Labute approximate surface area is 153 Å². The molecule has 1 amide bonds. The van der Waals surface area contributed by atoms with Crippen LogP contribution in [-0.4, -0.2) is 28.3 Å². The van der Waals surface area contributed by atoms with Crippen LogP contribution in [0, 0.1) is 5.82 Å². The molecule has 4 rings (SSSR count). The number of rotatable bonds is 6. The minimum Gasteiger partial charge on any atom is -0.493 e. The van der Waals surface area contributed by atoms with Gasteiger partial charge in [0, 0.05) is 48.4 Å². The fraction of sp³-hybridized carbons (Fsp3) is 0.263. The summed E-state index contributed by atoms with van der Waals surface area (Å²) in [6, 6.07) is 7.35. The van der Waals surface area contributed by atoms with Gasteiger partial charge in [-0.1, -0.05) is 6.07 Å². The predicted molar refractivity (Wildman–Crippen MR) is 92.6 cm³/mol. The molecule has 0 saturated carbocycles. The number of benzene rings is 1. The Kier molecular flexibility index (Phi) is 4.47. The predicted octanol–water partition coefficient (Wildman–Crippen LogP) is 3.99. The van der Waals surface area contributed by atoms with Gasteiger partial charge in [0.2, 0.25) is 12.3 Å². The number of carbonyl (C=O) groups excluding carboxylic acids is 1. The van der Waals surface area contributed by atoms with Crippen molar-refractivity contribution in [3.63, 3.8) is 0 Å². The normalized spacial score (nSPS) is 16.8. The second-order valence-corrected chi connectivity index (χ2v) is 6.27. The molecule has 2 aromatic heterocycles. The van der Waals surface area contributed by atoms with E-state index < -0.39 is 24.7 Å². The van der Waals surface area contributed by atoms with Crippen molar-refractivity contribution < 1.29 is 22.7 Å². The molecule has 1 atom stereocenters. The number of pyridine rings is 1. The summed E-state index contributed by atoms with van der Waals surface area (Å²) in [5.74, 6) is -0.450. The van der Waals surface area contributed by atoms with Crippen LogP contribution in [0.3, 0.4) is 0 Å². The second kappa shape index (κ2) is 6.94. The molecule has 27 heavy (non-hydrogen) atoms. The first kappa shape index (κ1) is 17.4. The number of halogens is 3. The average molecular weight is 375 g/mol. The number of fused-ring (bicyclic) bond motifs is 1. The van der Waals surface area contributed by atoms with Crippen molar-refractivity contribution >= 4 is 17.2 Å². The van der Waals surface area contributed by atoms with Gasteiger partial charge in [0.05, 0.1) is 19.1 Å². The Morgan fingerprint density at radius 3 is 2.81 bits per heavy atom. The molecule has 0 spiro atoms. The van der Waals surface area contributed by atoms with Crippen molar-refractivity contribution in [2.24, 2.45) is 0 Å². The maximum absolute atomic E-state index is 14.5. The lowest BCUT2D eigenvalue weighted by molar-refractivity contribution is -0.124. The number of hydrogen-bond donors (Lipinski definition) is 0. The molecule has 140 valence electrons. The largest absolute Gasteiger partial charge is 0.493 e. The first-order chi connectivity index (χ1) is 13.0. The quantitative estimate of drug-likeness (QED) is 0.612. The van der Waals surface area contributed by atoms with Crippen LogP contribution in [0.2, 0.25) is 0 Å². The molecule has 3 aromatic rings. The number of anilines is 1. The van der Waals surface area contributed by atoms with Crippen LogP contribution in [0.4, 0.5) is 18.9 Å². The van der Waals surface area contributed by atoms with Gasteiger partial charge in [0.15, 0.2) is 0 Å². The van der Waals surface area contributed by atoms with Crippen LogP contribution in [-0.2, 0) is 4.79 Å². The van der Waals surface area contributed by atoms with Gasteiger partial charge in [-0.2, -0.15) is 0 Å². The first-order valence-corrected chi connectivity index (χ1v) is 8.48. The Morgan fingerprint density at radius 2 is 2.07 bits per heavy atom.